The fraction of sp³-hybridized carbons (Fsp3) is 0.414. The predicted octanol–water partition coefficient (Wildman–Crippen LogP) is 4.56. The number of ether oxygens (including phenoxy) is 1. The van der Waals surface area contributed by atoms with E-state index in [9.17, 15) is 13.2 Å². The van der Waals surface area contributed by atoms with Gasteiger partial charge in [-0.25, -0.2) is 8.42 Å². The van der Waals surface area contributed by atoms with Crippen molar-refractivity contribution >= 4 is 33.2 Å². The van der Waals surface area contributed by atoms with Crippen LogP contribution in [0.1, 0.15) is 34.8 Å². The Hall–Kier alpha value is -3.01. The number of aromatic nitrogens is 1. The highest BCUT2D eigenvalue weighted by molar-refractivity contribution is 7.89. The molecule has 1 saturated heterocycles. The van der Waals surface area contributed by atoms with Crippen molar-refractivity contribution in [3.8, 4) is 5.75 Å². The van der Waals surface area contributed by atoms with E-state index in [1.54, 1.807) is 33.1 Å². The Morgan fingerprint density at radius 1 is 0.949 bits per heavy atom. The molecular weight excluding hydrogens is 536 g/mol. The molecule has 1 amide bonds. The van der Waals surface area contributed by atoms with Crippen molar-refractivity contribution in [2.45, 2.75) is 44.7 Å². The summed E-state index contributed by atoms with van der Waals surface area (Å²) in [4.78, 5) is 18.0. The molecule has 5 rings (SSSR count). The molecule has 0 spiro atoms. The Labute approximate surface area is 235 Å². The summed E-state index contributed by atoms with van der Waals surface area (Å²) in [5, 5.41) is 0.693. The van der Waals surface area contributed by atoms with Gasteiger partial charge in [-0.3, -0.25) is 4.79 Å². The smallest absolute Gasteiger partial charge is 0.244 e. The summed E-state index contributed by atoms with van der Waals surface area (Å²) in [6.07, 6.45) is 2.04. The topological polar surface area (TPSA) is 75.1 Å². The predicted molar refractivity (Wildman–Crippen MR) is 153 cm³/mol. The maximum atomic E-state index is 14.1. The van der Waals surface area contributed by atoms with Crippen LogP contribution in [0.25, 0.3) is 0 Å². The van der Waals surface area contributed by atoms with Gasteiger partial charge in [0.05, 0.1) is 18.0 Å². The van der Waals surface area contributed by atoms with Gasteiger partial charge >= 0.3 is 0 Å². The molecule has 8 nitrogen and oxygen atoms in total. The Morgan fingerprint density at radius 3 is 2.31 bits per heavy atom. The molecule has 208 valence electrons. The van der Waals surface area contributed by atoms with Crippen LogP contribution in [0, 0.1) is 20.8 Å². The Balaban J connectivity index is 1.38. The lowest BCUT2D eigenvalue weighted by Gasteiger charge is -2.39. The van der Waals surface area contributed by atoms with E-state index in [4.69, 9.17) is 16.3 Å². The monoisotopic (exact) mass is 570 g/mol. The van der Waals surface area contributed by atoms with Crippen LogP contribution in [-0.2, 0) is 21.4 Å². The van der Waals surface area contributed by atoms with Crippen molar-refractivity contribution in [2.24, 2.45) is 0 Å². The maximum absolute atomic E-state index is 14.1. The van der Waals surface area contributed by atoms with Crippen molar-refractivity contribution in [3.63, 3.8) is 0 Å². The van der Waals surface area contributed by atoms with Gasteiger partial charge in [-0.2, -0.15) is 4.31 Å². The number of hydrogen-bond acceptors (Lipinski definition) is 5. The van der Waals surface area contributed by atoms with E-state index in [1.807, 2.05) is 41.4 Å². The summed E-state index contributed by atoms with van der Waals surface area (Å²) < 4.78 is 37.2. The minimum atomic E-state index is -3.88. The highest BCUT2D eigenvalue weighted by Crippen LogP contribution is 2.37. The summed E-state index contributed by atoms with van der Waals surface area (Å²) in [7, 11) is -2.31. The number of anilines is 1. The Morgan fingerprint density at radius 2 is 1.64 bits per heavy atom. The van der Waals surface area contributed by atoms with E-state index in [2.05, 4.69) is 16.4 Å². The van der Waals surface area contributed by atoms with Gasteiger partial charge in [-0.05, 0) is 73.9 Å². The van der Waals surface area contributed by atoms with Crippen LogP contribution < -0.4 is 9.64 Å². The normalized spacial score (nSPS) is 18.2. The largest absolute Gasteiger partial charge is 0.497 e. The summed E-state index contributed by atoms with van der Waals surface area (Å²) >= 11 is 6.23. The number of halogens is 1. The van der Waals surface area contributed by atoms with Crippen molar-refractivity contribution in [2.75, 3.05) is 44.7 Å². The standard InChI is InChI=1S/C29H35ClN4O4S/c1-20-7-8-23(30)18-26(20)32-10-12-33(13-11-32)28(35)19-27-25-6-5-9-31(25)14-15-34(27)39(36,37)29-21(2)16-24(38-4)17-22(29)3/h5-9,16-18,27H,10-15,19H2,1-4H3. The zero-order chi connectivity index (χ0) is 27.9. The fourth-order valence-electron chi connectivity index (χ4n) is 5.90. The number of methoxy groups -OCH3 is 1. The third kappa shape index (κ3) is 5.27. The number of carbonyl (C=O) groups is 1. The Bertz CT molecular complexity index is 1470. The van der Waals surface area contributed by atoms with Gasteiger partial charge in [0.25, 0.3) is 0 Å². The number of hydrogen-bond donors (Lipinski definition) is 0. The third-order valence-electron chi connectivity index (χ3n) is 7.86. The molecule has 3 aromatic rings. The van der Waals surface area contributed by atoms with E-state index in [-0.39, 0.29) is 17.2 Å². The van der Waals surface area contributed by atoms with Crippen molar-refractivity contribution in [1.82, 2.24) is 13.8 Å². The summed E-state index contributed by atoms with van der Waals surface area (Å²) in [5.41, 5.74) is 4.33. The molecule has 2 aliphatic rings. The molecule has 39 heavy (non-hydrogen) atoms. The van der Waals surface area contributed by atoms with Crippen LogP contribution in [0.4, 0.5) is 5.69 Å². The highest BCUT2D eigenvalue weighted by Gasteiger charge is 2.40. The lowest BCUT2D eigenvalue weighted by molar-refractivity contribution is -0.132. The fourth-order valence-corrected chi connectivity index (χ4v) is 8.08. The highest BCUT2D eigenvalue weighted by atomic mass is 35.5. The zero-order valence-corrected chi connectivity index (χ0v) is 24.4. The first-order chi connectivity index (χ1) is 18.6. The summed E-state index contributed by atoms with van der Waals surface area (Å²) in [6.45, 7) is 9.01. The first-order valence-electron chi connectivity index (χ1n) is 13.2. The number of rotatable bonds is 6. The van der Waals surface area contributed by atoms with Crippen LogP contribution in [-0.4, -0.2) is 67.9 Å². The lowest BCUT2D eigenvalue weighted by Crippen LogP contribution is -2.50. The number of aryl methyl sites for hydroxylation is 3. The first-order valence-corrected chi connectivity index (χ1v) is 15.0. The average Bonchev–Trinajstić information content (AvgIpc) is 3.39. The van der Waals surface area contributed by atoms with Crippen LogP contribution in [0.2, 0.25) is 5.02 Å². The van der Waals surface area contributed by atoms with E-state index in [0.29, 0.717) is 61.2 Å². The zero-order valence-electron chi connectivity index (χ0n) is 22.9. The van der Waals surface area contributed by atoms with Gasteiger partial charge in [0.15, 0.2) is 0 Å². The molecule has 0 N–H and O–H groups in total. The minimum Gasteiger partial charge on any atom is -0.497 e. The van der Waals surface area contributed by atoms with Gasteiger partial charge in [0, 0.05) is 68.3 Å². The second-order valence-corrected chi connectivity index (χ2v) is 12.6. The van der Waals surface area contributed by atoms with Gasteiger partial charge in [0.1, 0.15) is 5.75 Å². The molecule has 0 bridgehead atoms. The van der Waals surface area contributed by atoms with Gasteiger partial charge < -0.3 is 19.1 Å². The first kappa shape index (κ1) is 27.6. The molecule has 3 heterocycles. The second-order valence-electron chi connectivity index (χ2n) is 10.4. The SMILES string of the molecule is COc1cc(C)c(S(=O)(=O)N2CCn3cccc3C2CC(=O)N2CCN(c3cc(Cl)ccc3C)CC2)c(C)c1. The van der Waals surface area contributed by atoms with Gasteiger partial charge in [-0.1, -0.05) is 17.7 Å². The quantitative estimate of drug-likeness (QED) is 0.434. The molecule has 2 aromatic carbocycles. The molecule has 10 heteroatoms. The second kappa shape index (κ2) is 10.9. The number of nitrogens with zero attached hydrogens (tertiary/aromatic N) is 4. The van der Waals surface area contributed by atoms with Crippen LogP contribution in [0.3, 0.4) is 0 Å². The van der Waals surface area contributed by atoms with E-state index in [1.165, 1.54) is 4.31 Å². The molecule has 0 aliphatic carbocycles. The molecule has 1 unspecified atom stereocenters. The summed E-state index contributed by atoms with van der Waals surface area (Å²) in [5.74, 6) is 0.579. The number of benzene rings is 2. The lowest BCUT2D eigenvalue weighted by atomic mass is 10.1. The molecule has 1 aromatic heterocycles. The van der Waals surface area contributed by atoms with Gasteiger partial charge in [-0.15, -0.1) is 0 Å². The average molecular weight is 571 g/mol. The van der Waals surface area contributed by atoms with Crippen LogP contribution >= 0.6 is 11.6 Å². The summed E-state index contributed by atoms with van der Waals surface area (Å²) in [6, 6.07) is 12.6. The number of carbonyl (C=O) groups excluding carboxylic acids is 1. The van der Waals surface area contributed by atoms with Crippen molar-refractivity contribution in [1.29, 1.82) is 0 Å². The molecule has 0 radical (unpaired) electrons. The molecule has 0 saturated carbocycles. The third-order valence-corrected chi connectivity index (χ3v) is 10.3. The van der Waals surface area contributed by atoms with Crippen molar-refractivity contribution in [3.05, 3.63) is 76.1 Å². The van der Waals surface area contributed by atoms with Crippen LogP contribution in [0.5, 0.6) is 5.75 Å². The molecule has 2 aliphatic heterocycles. The van der Waals surface area contributed by atoms with E-state index >= 15 is 0 Å². The molecule has 1 fully saturated rings. The minimum absolute atomic E-state index is 0.0412. The molecule has 1 atom stereocenters. The van der Waals surface area contributed by atoms with E-state index in [0.717, 1.165) is 16.9 Å². The number of amides is 1. The number of sulfonamides is 1. The molecular formula is C29H35ClN4O4S. The van der Waals surface area contributed by atoms with E-state index < -0.39 is 16.1 Å². The van der Waals surface area contributed by atoms with Crippen LogP contribution in [0.15, 0.2) is 53.6 Å². The maximum Gasteiger partial charge on any atom is 0.244 e. The Kier molecular flexibility index (Phi) is 7.68. The van der Waals surface area contributed by atoms with Gasteiger partial charge in [0.2, 0.25) is 15.9 Å². The number of piperazine rings is 1. The van der Waals surface area contributed by atoms with Crippen molar-refractivity contribution < 1.29 is 17.9 Å². The number of fused-ring (bicyclic) bond motifs is 1.